The minimum atomic E-state index is -0.133. The van der Waals surface area contributed by atoms with E-state index in [2.05, 4.69) is 22.5 Å². The van der Waals surface area contributed by atoms with Crippen LogP contribution in [0.15, 0.2) is 36.4 Å². The molecule has 2 aliphatic rings. The summed E-state index contributed by atoms with van der Waals surface area (Å²) in [5.41, 5.74) is 3.40. The number of nitrogens with one attached hydrogen (secondary N) is 2. The number of aryl methyl sites for hydroxylation is 1. The summed E-state index contributed by atoms with van der Waals surface area (Å²) in [4.78, 5) is 31.5. The second-order valence-electron chi connectivity index (χ2n) is 8.22. The van der Waals surface area contributed by atoms with E-state index in [1.807, 2.05) is 42.2 Å². The third-order valence-electron chi connectivity index (χ3n) is 6.11. The lowest BCUT2D eigenvalue weighted by atomic mass is 9.79. The van der Waals surface area contributed by atoms with Crippen molar-refractivity contribution in [1.82, 2.24) is 10.3 Å². The number of hydrogen-bond acceptors (Lipinski definition) is 4. The monoisotopic (exact) mass is 392 g/mol. The number of fused-ring (bicyclic) bond motifs is 1. The van der Waals surface area contributed by atoms with Crippen LogP contribution in [0.1, 0.15) is 54.3 Å². The molecule has 1 fully saturated rings. The summed E-state index contributed by atoms with van der Waals surface area (Å²) < 4.78 is 0. The number of pyridine rings is 1. The number of carbonyl (C=O) groups is 2. The van der Waals surface area contributed by atoms with Crippen LogP contribution >= 0.6 is 0 Å². The quantitative estimate of drug-likeness (QED) is 0.832. The Morgan fingerprint density at radius 2 is 1.93 bits per heavy atom. The van der Waals surface area contributed by atoms with Gasteiger partial charge in [0.15, 0.2) is 0 Å². The highest BCUT2D eigenvalue weighted by molar-refractivity contribution is 5.98. The third-order valence-corrected chi connectivity index (χ3v) is 6.11. The van der Waals surface area contributed by atoms with Gasteiger partial charge in [0, 0.05) is 42.9 Å². The highest BCUT2D eigenvalue weighted by Gasteiger charge is 2.47. The average molecular weight is 393 g/mol. The first kappa shape index (κ1) is 19.4. The fourth-order valence-electron chi connectivity index (χ4n) is 4.63. The maximum Gasteiger partial charge on any atom is 0.251 e. The summed E-state index contributed by atoms with van der Waals surface area (Å²) >= 11 is 0. The van der Waals surface area contributed by atoms with E-state index in [1.165, 1.54) is 0 Å². The van der Waals surface area contributed by atoms with Gasteiger partial charge in [-0.3, -0.25) is 9.59 Å². The Kier molecular flexibility index (Phi) is 5.03. The van der Waals surface area contributed by atoms with Crippen molar-refractivity contribution in [3.8, 4) is 0 Å². The molecule has 1 aromatic heterocycles. The molecule has 152 valence electrons. The molecule has 1 aliphatic heterocycles. The number of anilines is 2. The first-order chi connectivity index (χ1) is 13.9. The maximum atomic E-state index is 12.6. The molecule has 0 bridgehead atoms. The van der Waals surface area contributed by atoms with Gasteiger partial charge in [0.2, 0.25) is 5.91 Å². The normalized spacial score (nSPS) is 23.3. The summed E-state index contributed by atoms with van der Waals surface area (Å²) in [6.07, 6.45) is 2.31. The molecule has 1 aromatic carbocycles. The second-order valence-corrected chi connectivity index (χ2v) is 8.22. The van der Waals surface area contributed by atoms with Gasteiger partial charge in [0.25, 0.3) is 5.91 Å². The lowest BCUT2D eigenvalue weighted by molar-refractivity contribution is -0.117. The van der Waals surface area contributed by atoms with E-state index in [1.54, 1.807) is 20.0 Å². The van der Waals surface area contributed by atoms with Crippen molar-refractivity contribution < 1.29 is 9.59 Å². The van der Waals surface area contributed by atoms with Crippen LogP contribution in [-0.2, 0) is 4.79 Å². The van der Waals surface area contributed by atoms with Gasteiger partial charge in [0.1, 0.15) is 5.82 Å². The number of amides is 2. The Balaban J connectivity index is 1.83. The number of nitrogens with zero attached hydrogens (tertiary/aromatic N) is 2. The molecular weight excluding hydrogens is 364 g/mol. The SMILES string of the molecule is CNC(=O)c1ccc2c(c1)[C@@H](Nc1cccc(C)n1)[C@H](C)[C@@H](C1CC1)N2C(C)=O. The van der Waals surface area contributed by atoms with Gasteiger partial charge in [-0.25, -0.2) is 4.98 Å². The predicted octanol–water partition coefficient (Wildman–Crippen LogP) is 3.68. The number of benzene rings is 1. The molecule has 6 heteroatoms. The van der Waals surface area contributed by atoms with Crippen LogP contribution in [0.4, 0.5) is 11.5 Å². The summed E-state index contributed by atoms with van der Waals surface area (Å²) in [5.74, 6) is 1.43. The molecule has 4 rings (SSSR count). The maximum absolute atomic E-state index is 12.6. The Bertz CT molecular complexity index is 954. The second kappa shape index (κ2) is 7.50. The number of rotatable bonds is 4. The standard InChI is InChI=1S/C23H28N4O2/c1-13-6-5-7-20(25-13)26-21-14(2)22(16-8-9-16)27(15(3)28)19-11-10-17(12-18(19)21)23(29)24-4/h5-7,10-12,14,16,21-22H,8-9H2,1-4H3,(H,24,29)(H,25,26)/t14-,21-,22-/m0/s1. The largest absolute Gasteiger partial charge is 0.363 e. The molecule has 0 radical (unpaired) electrons. The topological polar surface area (TPSA) is 74.3 Å². The van der Waals surface area contributed by atoms with Crippen molar-refractivity contribution in [3.05, 3.63) is 53.2 Å². The van der Waals surface area contributed by atoms with Crippen LogP contribution in [0.3, 0.4) is 0 Å². The third kappa shape index (κ3) is 3.59. The highest BCUT2D eigenvalue weighted by atomic mass is 16.2. The molecule has 0 spiro atoms. The smallest absolute Gasteiger partial charge is 0.251 e. The zero-order chi connectivity index (χ0) is 20.7. The first-order valence-corrected chi connectivity index (χ1v) is 10.3. The summed E-state index contributed by atoms with van der Waals surface area (Å²) in [7, 11) is 1.63. The molecule has 2 N–H and O–H groups in total. The van der Waals surface area contributed by atoms with Gasteiger partial charge in [-0.1, -0.05) is 13.0 Å². The lowest BCUT2D eigenvalue weighted by Gasteiger charge is -2.46. The summed E-state index contributed by atoms with van der Waals surface area (Å²) in [5, 5.41) is 6.29. The summed E-state index contributed by atoms with van der Waals surface area (Å²) in [6.45, 7) is 5.80. The lowest BCUT2D eigenvalue weighted by Crippen LogP contribution is -2.51. The van der Waals surface area contributed by atoms with Crippen LogP contribution in [0.2, 0.25) is 0 Å². The van der Waals surface area contributed by atoms with E-state index >= 15 is 0 Å². The van der Waals surface area contributed by atoms with Crippen molar-refractivity contribution in [2.24, 2.45) is 11.8 Å². The first-order valence-electron chi connectivity index (χ1n) is 10.3. The predicted molar refractivity (Wildman–Crippen MR) is 114 cm³/mol. The van der Waals surface area contributed by atoms with E-state index in [4.69, 9.17) is 0 Å². The van der Waals surface area contributed by atoms with Crippen molar-refractivity contribution in [1.29, 1.82) is 0 Å². The Morgan fingerprint density at radius 3 is 2.55 bits per heavy atom. The van der Waals surface area contributed by atoms with Gasteiger partial charge in [-0.05, 0) is 61.6 Å². The molecule has 1 aliphatic carbocycles. The van der Waals surface area contributed by atoms with E-state index < -0.39 is 0 Å². The molecule has 0 unspecified atom stereocenters. The molecule has 29 heavy (non-hydrogen) atoms. The molecule has 1 saturated carbocycles. The van der Waals surface area contributed by atoms with Crippen molar-refractivity contribution >= 4 is 23.3 Å². The minimum Gasteiger partial charge on any atom is -0.363 e. The Morgan fingerprint density at radius 1 is 1.17 bits per heavy atom. The van der Waals surface area contributed by atoms with Crippen LogP contribution in [-0.4, -0.2) is 29.9 Å². The molecule has 2 aromatic rings. The van der Waals surface area contributed by atoms with Crippen LogP contribution in [0, 0.1) is 18.8 Å². The number of hydrogen-bond donors (Lipinski definition) is 2. The molecule has 6 nitrogen and oxygen atoms in total. The van der Waals surface area contributed by atoms with Crippen LogP contribution < -0.4 is 15.5 Å². The number of aromatic nitrogens is 1. The van der Waals surface area contributed by atoms with Gasteiger partial charge < -0.3 is 15.5 Å². The summed E-state index contributed by atoms with van der Waals surface area (Å²) in [6, 6.07) is 11.7. The van der Waals surface area contributed by atoms with Crippen molar-refractivity contribution in [2.75, 3.05) is 17.3 Å². The Hall–Kier alpha value is -2.89. The van der Waals surface area contributed by atoms with Crippen LogP contribution in [0.5, 0.6) is 0 Å². The highest BCUT2D eigenvalue weighted by Crippen LogP contribution is 2.50. The van der Waals surface area contributed by atoms with E-state index in [0.717, 1.165) is 35.6 Å². The van der Waals surface area contributed by atoms with Crippen LogP contribution in [0.25, 0.3) is 0 Å². The fourth-order valence-corrected chi connectivity index (χ4v) is 4.63. The number of carbonyl (C=O) groups excluding carboxylic acids is 2. The fraction of sp³-hybridized carbons (Fsp3) is 0.435. The average Bonchev–Trinajstić information content (AvgIpc) is 3.53. The molecule has 3 atom stereocenters. The van der Waals surface area contributed by atoms with Gasteiger partial charge in [-0.15, -0.1) is 0 Å². The molecule has 0 saturated heterocycles. The van der Waals surface area contributed by atoms with Gasteiger partial charge in [0.05, 0.1) is 6.04 Å². The van der Waals surface area contributed by atoms with Crippen molar-refractivity contribution in [2.45, 2.75) is 45.7 Å². The van der Waals surface area contributed by atoms with E-state index in [9.17, 15) is 9.59 Å². The Labute approximate surface area is 171 Å². The van der Waals surface area contributed by atoms with Crippen molar-refractivity contribution in [3.63, 3.8) is 0 Å². The zero-order valence-corrected chi connectivity index (χ0v) is 17.4. The van der Waals surface area contributed by atoms with Gasteiger partial charge in [-0.2, -0.15) is 0 Å². The minimum absolute atomic E-state index is 0.0369. The molecule has 2 heterocycles. The zero-order valence-electron chi connectivity index (χ0n) is 17.4. The van der Waals surface area contributed by atoms with E-state index in [-0.39, 0.29) is 29.8 Å². The molecular formula is C23H28N4O2. The van der Waals surface area contributed by atoms with E-state index in [0.29, 0.717) is 11.5 Å². The van der Waals surface area contributed by atoms with Gasteiger partial charge >= 0.3 is 0 Å². The molecule has 2 amide bonds.